The topological polar surface area (TPSA) is 95.8 Å². The SMILES string of the molecule is O=C(Nc1ccc(N2CCCC2)nc1)c1ccc2c(c1)C(=O)N(Cc1ccco1)C2=O. The summed E-state index contributed by atoms with van der Waals surface area (Å²) in [5, 5.41) is 2.80. The fourth-order valence-electron chi connectivity index (χ4n) is 3.93. The van der Waals surface area contributed by atoms with Crippen LogP contribution in [0.2, 0.25) is 0 Å². The average molecular weight is 416 g/mol. The highest BCUT2D eigenvalue weighted by atomic mass is 16.3. The summed E-state index contributed by atoms with van der Waals surface area (Å²) < 4.78 is 5.24. The van der Waals surface area contributed by atoms with Crippen molar-refractivity contribution >= 4 is 29.2 Å². The molecule has 0 radical (unpaired) electrons. The predicted octanol–water partition coefficient (Wildman–Crippen LogP) is 3.32. The number of benzene rings is 1. The van der Waals surface area contributed by atoms with Crippen LogP contribution in [0.1, 0.15) is 49.7 Å². The van der Waals surface area contributed by atoms with E-state index in [4.69, 9.17) is 4.42 Å². The van der Waals surface area contributed by atoms with E-state index in [-0.39, 0.29) is 23.6 Å². The normalized spacial score (nSPS) is 15.5. The Balaban J connectivity index is 1.31. The van der Waals surface area contributed by atoms with Crippen molar-refractivity contribution in [2.24, 2.45) is 0 Å². The third-order valence-corrected chi connectivity index (χ3v) is 5.56. The third-order valence-electron chi connectivity index (χ3n) is 5.56. The lowest BCUT2D eigenvalue weighted by atomic mass is 10.1. The highest BCUT2D eigenvalue weighted by Gasteiger charge is 2.36. The van der Waals surface area contributed by atoms with Crippen molar-refractivity contribution < 1.29 is 18.8 Å². The molecule has 3 amide bonds. The van der Waals surface area contributed by atoms with Gasteiger partial charge < -0.3 is 14.6 Å². The highest BCUT2D eigenvalue weighted by Crippen LogP contribution is 2.26. The van der Waals surface area contributed by atoms with Crippen molar-refractivity contribution in [3.8, 4) is 0 Å². The molecule has 1 N–H and O–H groups in total. The van der Waals surface area contributed by atoms with E-state index in [9.17, 15) is 14.4 Å². The fourth-order valence-corrected chi connectivity index (χ4v) is 3.93. The van der Waals surface area contributed by atoms with Crippen molar-refractivity contribution in [1.29, 1.82) is 0 Å². The van der Waals surface area contributed by atoms with E-state index < -0.39 is 11.8 Å². The number of aromatic nitrogens is 1. The van der Waals surface area contributed by atoms with Crippen molar-refractivity contribution in [3.63, 3.8) is 0 Å². The average Bonchev–Trinajstić information content (AvgIpc) is 3.54. The minimum absolute atomic E-state index is 0.0515. The summed E-state index contributed by atoms with van der Waals surface area (Å²) in [5.41, 5.74) is 1.36. The lowest BCUT2D eigenvalue weighted by Crippen LogP contribution is -2.28. The van der Waals surface area contributed by atoms with Gasteiger partial charge in [0, 0.05) is 18.7 Å². The number of nitrogens with one attached hydrogen (secondary N) is 1. The molecule has 2 aromatic heterocycles. The van der Waals surface area contributed by atoms with Gasteiger partial charge in [-0.05, 0) is 55.3 Å². The summed E-state index contributed by atoms with van der Waals surface area (Å²) in [6.45, 7) is 2.05. The first-order chi connectivity index (χ1) is 15.1. The monoisotopic (exact) mass is 416 g/mol. The summed E-state index contributed by atoms with van der Waals surface area (Å²) in [7, 11) is 0. The second kappa shape index (κ2) is 7.71. The standard InChI is InChI=1S/C23H20N4O4/c28-21(25-16-6-8-20(24-13-16)26-9-1-2-10-26)15-5-7-18-19(12-15)23(30)27(22(18)29)14-17-4-3-11-31-17/h3-8,11-13H,1-2,9-10,14H2,(H,25,28). The fraction of sp³-hybridized carbons (Fsp3) is 0.217. The molecule has 4 heterocycles. The molecule has 0 bridgehead atoms. The van der Waals surface area contributed by atoms with E-state index in [0.29, 0.717) is 17.0 Å². The molecule has 1 saturated heterocycles. The molecule has 2 aliphatic heterocycles. The first kappa shape index (κ1) is 19.0. The third kappa shape index (κ3) is 3.56. The van der Waals surface area contributed by atoms with E-state index in [2.05, 4.69) is 15.2 Å². The second-order valence-electron chi connectivity index (χ2n) is 7.59. The van der Waals surface area contributed by atoms with Gasteiger partial charge in [-0.3, -0.25) is 19.3 Å². The second-order valence-corrected chi connectivity index (χ2v) is 7.59. The number of nitrogens with zero attached hydrogens (tertiary/aromatic N) is 3. The van der Waals surface area contributed by atoms with Crippen LogP contribution in [0.4, 0.5) is 11.5 Å². The molecule has 0 spiro atoms. The lowest BCUT2D eigenvalue weighted by Gasteiger charge is -2.16. The number of amides is 3. The van der Waals surface area contributed by atoms with Crippen LogP contribution in [0.25, 0.3) is 0 Å². The molecule has 8 nitrogen and oxygen atoms in total. The zero-order chi connectivity index (χ0) is 21.4. The molecule has 31 heavy (non-hydrogen) atoms. The summed E-state index contributed by atoms with van der Waals surface area (Å²) >= 11 is 0. The Morgan fingerprint density at radius 3 is 2.55 bits per heavy atom. The minimum atomic E-state index is -0.442. The van der Waals surface area contributed by atoms with Crippen LogP contribution in [0.5, 0.6) is 0 Å². The van der Waals surface area contributed by atoms with Crippen molar-refractivity contribution in [2.45, 2.75) is 19.4 Å². The van der Waals surface area contributed by atoms with Gasteiger partial charge in [0.15, 0.2) is 0 Å². The molecule has 5 rings (SSSR count). The van der Waals surface area contributed by atoms with Crippen molar-refractivity contribution in [3.05, 3.63) is 77.4 Å². The number of hydrogen-bond donors (Lipinski definition) is 1. The molecule has 1 aromatic carbocycles. The Morgan fingerprint density at radius 1 is 1.03 bits per heavy atom. The molecule has 0 atom stereocenters. The van der Waals surface area contributed by atoms with Crippen LogP contribution in [0, 0.1) is 0 Å². The van der Waals surface area contributed by atoms with E-state index in [0.717, 1.165) is 23.8 Å². The molecule has 0 aliphatic carbocycles. The van der Waals surface area contributed by atoms with Crippen LogP contribution in [-0.2, 0) is 6.54 Å². The van der Waals surface area contributed by atoms with Gasteiger partial charge in [0.2, 0.25) is 0 Å². The molecular formula is C23H20N4O4. The zero-order valence-corrected chi connectivity index (χ0v) is 16.7. The predicted molar refractivity (Wildman–Crippen MR) is 113 cm³/mol. The maximum absolute atomic E-state index is 12.7. The number of fused-ring (bicyclic) bond motifs is 1. The molecular weight excluding hydrogens is 396 g/mol. The first-order valence-corrected chi connectivity index (χ1v) is 10.1. The Hall–Kier alpha value is -3.94. The zero-order valence-electron chi connectivity index (χ0n) is 16.7. The molecule has 8 heteroatoms. The number of imide groups is 1. The Kier molecular flexibility index (Phi) is 4.74. The number of carbonyl (C=O) groups is 3. The van der Waals surface area contributed by atoms with Gasteiger partial charge in [-0.1, -0.05) is 0 Å². The molecule has 3 aromatic rings. The number of furan rings is 1. The van der Waals surface area contributed by atoms with Crippen LogP contribution in [-0.4, -0.2) is 40.7 Å². The van der Waals surface area contributed by atoms with Gasteiger partial charge in [0.25, 0.3) is 17.7 Å². The summed E-state index contributed by atoms with van der Waals surface area (Å²) in [5.74, 6) is 0.196. The van der Waals surface area contributed by atoms with E-state index in [1.54, 1.807) is 24.4 Å². The van der Waals surface area contributed by atoms with Crippen LogP contribution >= 0.6 is 0 Å². The molecule has 0 saturated carbocycles. The lowest BCUT2D eigenvalue weighted by molar-refractivity contribution is 0.0631. The Labute approximate surface area is 178 Å². The Bertz CT molecular complexity index is 1150. The van der Waals surface area contributed by atoms with Gasteiger partial charge in [-0.2, -0.15) is 0 Å². The van der Waals surface area contributed by atoms with E-state index >= 15 is 0 Å². The maximum atomic E-state index is 12.7. The van der Waals surface area contributed by atoms with E-state index in [1.807, 2.05) is 12.1 Å². The van der Waals surface area contributed by atoms with Crippen molar-refractivity contribution in [1.82, 2.24) is 9.88 Å². The number of carbonyl (C=O) groups excluding carboxylic acids is 3. The highest BCUT2D eigenvalue weighted by molar-refractivity contribution is 6.22. The largest absolute Gasteiger partial charge is 0.467 e. The smallest absolute Gasteiger partial charge is 0.261 e. The quantitative estimate of drug-likeness (QED) is 0.641. The van der Waals surface area contributed by atoms with Gasteiger partial charge >= 0.3 is 0 Å². The molecule has 156 valence electrons. The summed E-state index contributed by atoms with van der Waals surface area (Å²) in [4.78, 5) is 45.8. The number of pyridine rings is 1. The minimum Gasteiger partial charge on any atom is -0.467 e. The molecule has 1 fully saturated rings. The van der Waals surface area contributed by atoms with Gasteiger partial charge in [0.1, 0.15) is 11.6 Å². The first-order valence-electron chi connectivity index (χ1n) is 10.1. The number of anilines is 2. The number of rotatable bonds is 5. The van der Waals surface area contributed by atoms with Crippen LogP contribution in [0.3, 0.4) is 0 Å². The van der Waals surface area contributed by atoms with Crippen molar-refractivity contribution in [2.75, 3.05) is 23.3 Å². The number of hydrogen-bond acceptors (Lipinski definition) is 6. The maximum Gasteiger partial charge on any atom is 0.261 e. The molecule has 0 unspecified atom stereocenters. The summed E-state index contributed by atoms with van der Waals surface area (Å²) in [6, 6.07) is 11.6. The van der Waals surface area contributed by atoms with Crippen LogP contribution in [0.15, 0.2) is 59.3 Å². The van der Waals surface area contributed by atoms with Gasteiger partial charge in [-0.25, -0.2) is 4.98 Å². The van der Waals surface area contributed by atoms with Gasteiger partial charge in [0.05, 0.1) is 35.8 Å². The van der Waals surface area contributed by atoms with Crippen LogP contribution < -0.4 is 10.2 Å². The molecule has 2 aliphatic rings. The Morgan fingerprint density at radius 2 is 1.84 bits per heavy atom. The van der Waals surface area contributed by atoms with Gasteiger partial charge in [-0.15, -0.1) is 0 Å². The summed E-state index contributed by atoms with van der Waals surface area (Å²) in [6.07, 6.45) is 5.44. The van der Waals surface area contributed by atoms with E-state index in [1.165, 1.54) is 31.2 Å².